The number of hydrogen-bond acceptors (Lipinski definition) is 3. The summed E-state index contributed by atoms with van der Waals surface area (Å²) in [5, 5.41) is 0. The molecule has 1 aliphatic carbocycles. The first-order valence-electron chi connectivity index (χ1n) is 4.14. The summed E-state index contributed by atoms with van der Waals surface area (Å²) >= 11 is 8.90. The van der Waals surface area contributed by atoms with Gasteiger partial charge < -0.3 is 0 Å². The first-order valence-corrected chi connectivity index (χ1v) is 6.99. The maximum atomic E-state index is 5.31. The fourth-order valence-electron chi connectivity index (χ4n) is 1.44. The lowest BCUT2D eigenvalue weighted by Crippen LogP contribution is -2.03. The molecule has 0 saturated carbocycles. The Bertz CT molecular complexity index is 206. The summed E-state index contributed by atoms with van der Waals surface area (Å²) in [5.41, 5.74) is 1.45. The SMILES string of the molecule is CSC(=S)C1=C(SC)CCCC1. The lowest BCUT2D eigenvalue weighted by atomic mass is 10.0. The third-order valence-electron chi connectivity index (χ3n) is 2.10. The molecule has 0 fully saturated rings. The molecule has 3 heteroatoms. The highest BCUT2D eigenvalue weighted by Crippen LogP contribution is 2.33. The molecule has 68 valence electrons. The van der Waals surface area contributed by atoms with E-state index in [2.05, 4.69) is 12.5 Å². The minimum Gasteiger partial charge on any atom is -0.134 e. The molecule has 0 atom stereocenters. The summed E-state index contributed by atoms with van der Waals surface area (Å²) in [5.74, 6) is 0. The molecule has 0 saturated heterocycles. The van der Waals surface area contributed by atoms with Gasteiger partial charge in [0.2, 0.25) is 0 Å². The number of allylic oxidation sites excluding steroid dienone is 1. The monoisotopic (exact) mass is 218 g/mol. The smallest absolute Gasteiger partial charge is 0.0743 e. The van der Waals surface area contributed by atoms with Crippen LogP contribution >= 0.6 is 35.7 Å². The quantitative estimate of drug-likeness (QED) is 0.646. The van der Waals surface area contributed by atoms with Gasteiger partial charge in [-0.15, -0.1) is 23.5 Å². The van der Waals surface area contributed by atoms with Crippen molar-refractivity contribution in [3.8, 4) is 0 Å². The summed E-state index contributed by atoms with van der Waals surface area (Å²) in [6.45, 7) is 0. The van der Waals surface area contributed by atoms with Crippen LogP contribution in [0.25, 0.3) is 0 Å². The van der Waals surface area contributed by atoms with Gasteiger partial charge in [-0.2, -0.15) is 0 Å². The van der Waals surface area contributed by atoms with Crippen molar-refractivity contribution in [3.05, 3.63) is 10.5 Å². The van der Waals surface area contributed by atoms with E-state index >= 15 is 0 Å². The van der Waals surface area contributed by atoms with Crippen LogP contribution in [0.4, 0.5) is 0 Å². The molecule has 0 unspecified atom stereocenters. The Kier molecular flexibility index (Phi) is 4.69. The average molecular weight is 218 g/mol. The van der Waals surface area contributed by atoms with Gasteiger partial charge in [0, 0.05) is 0 Å². The molecule has 1 aliphatic rings. The van der Waals surface area contributed by atoms with Crippen molar-refractivity contribution >= 4 is 39.9 Å². The second-order valence-electron chi connectivity index (χ2n) is 2.80. The average Bonchev–Trinajstić information content (AvgIpc) is 2.16. The molecule has 0 nitrogen and oxygen atoms in total. The zero-order chi connectivity index (χ0) is 8.97. The fourth-order valence-corrected chi connectivity index (χ4v) is 3.07. The highest BCUT2D eigenvalue weighted by Gasteiger charge is 2.14. The van der Waals surface area contributed by atoms with Gasteiger partial charge in [-0.3, -0.25) is 0 Å². The summed E-state index contributed by atoms with van der Waals surface area (Å²) in [6.07, 6.45) is 9.34. The predicted octanol–water partition coefficient (Wildman–Crippen LogP) is 3.87. The van der Waals surface area contributed by atoms with Crippen LogP contribution in [0.3, 0.4) is 0 Å². The van der Waals surface area contributed by atoms with Crippen LogP contribution in [-0.4, -0.2) is 16.7 Å². The molecule has 0 heterocycles. The van der Waals surface area contributed by atoms with E-state index in [1.54, 1.807) is 11.8 Å². The van der Waals surface area contributed by atoms with Crippen LogP contribution in [0.2, 0.25) is 0 Å². The lowest BCUT2D eigenvalue weighted by molar-refractivity contribution is 0.712. The zero-order valence-corrected chi connectivity index (χ0v) is 10.0. The van der Waals surface area contributed by atoms with Crippen molar-refractivity contribution in [2.75, 3.05) is 12.5 Å². The highest BCUT2D eigenvalue weighted by molar-refractivity contribution is 8.23. The van der Waals surface area contributed by atoms with Crippen molar-refractivity contribution < 1.29 is 0 Å². The van der Waals surface area contributed by atoms with Gasteiger partial charge in [0.05, 0.1) is 4.20 Å². The predicted molar refractivity (Wildman–Crippen MR) is 65.1 cm³/mol. The molecule has 0 bridgehead atoms. The van der Waals surface area contributed by atoms with Crippen LogP contribution in [0.15, 0.2) is 10.5 Å². The summed E-state index contributed by atoms with van der Waals surface area (Å²) in [4.78, 5) is 1.53. The van der Waals surface area contributed by atoms with E-state index in [1.165, 1.54) is 36.2 Å². The molecule has 0 spiro atoms. The number of thioether (sulfide) groups is 2. The Labute approximate surface area is 88.6 Å². The number of thiocarbonyl (C=S) groups is 1. The van der Waals surface area contributed by atoms with Gasteiger partial charge in [-0.05, 0) is 48.7 Å². The van der Waals surface area contributed by atoms with E-state index in [-0.39, 0.29) is 0 Å². The maximum absolute atomic E-state index is 5.31. The lowest BCUT2D eigenvalue weighted by Gasteiger charge is -2.18. The van der Waals surface area contributed by atoms with Crippen LogP contribution in [0.1, 0.15) is 25.7 Å². The second-order valence-corrected chi connectivity index (χ2v) is 5.19. The van der Waals surface area contributed by atoms with Crippen LogP contribution in [0.5, 0.6) is 0 Å². The van der Waals surface area contributed by atoms with Crippen LogP contribution in [-0.2, 0) is 0 Å². The summed E-state index contributed by atoms with van der Waals surface area (Å²) < 4.78 is 1.11. The molecule has 1 rings (SSSR count). The summed E-state index contributed by atoms with van der Waals surface area (Å²) in [6, 6.07) is 0. The van der Waals surface area contributed by atoms with E-state index in [0.29, 0.717) is 0 Å². The van der Waals surface area contributed by atoms with Gasteiger partial charge >= 0.3 is 0 Å². The Morgan fingerprint density at radius 2 is 1.92 bits per heavy atom. The highest BCUT2D eigenvalue weighted by atomic mass is 32.2. The first-order chi connectivity index (χ1) is 5.79. The molecular formula is C9H14S3. The standard InChI is InChI=1S/C9H14S3/c1-11-8-6-4-3-5-7(8)9(10)12-2/h3-6H2,1-2H3. The number of hydrogen-bond donors (Lipinski definition) is 0. The topological polar surface area (TPSA) is 0 Å². The number of rotatable bonds is 2. The Morgan fingerprint density at radius 1 is 1.25 bits per heavy atom. The van der Waals surface area contributed by atoms with E-state index in [1.807, 2.05) is 11.8 Å². The third kappa shape index (κ3) is 2.51. The third-order valence-corrected chi connectivity index (χ3v) is 4.40. The van der Waals surface area contributed by atoms with Gasteiger partial charge in [0.25, 0.3) is 0 Å². The van der Waals surface area contributed by atoms with Gasteiger partial charge in [0.1, 0.15) is 0 Å². The van der Waals surface area contributed by atoms with Crippen molar-refractivity contribution in [2.24, 2.45) is 0 Å². The van der Waals surface area contributed by atoms with Crippen molar-refractivity contribution in [1.29, 1.82) is 0 Å². The molecule has 0 aromatic carbocycles. The minimum atomic E-state index is 1.11. The first kappa shape index (κ1) is 10.6. The Balaban J connectivity index is 2.79. The fraction of sp³-hybridized carbons (Fsp3) is 0.667. The van der Waals surface area contributed by atoms with Crippen molar-refractivity contribution in [1.82, 2.24) is 0 Å². The van der Waals surface area contributed by atoms with Gasteiger partial charge in [0.15, 0.2) is 0 Å². The normalized spacial score (nSPS) is 18.2. The zero-order valence-electron chi connectivity index (χ0n) is 7.55. The second kappa shape index (κ2) is 5.30. The Morgan fingerprint density at radius 3 is 2.50 bits per heavy atom. The van der Waals surface area contributed by atoms with E-state index in [4.69, 9.17) is 12.2 Å². The molecule has 0 aromatic rings. The molecule has 0 aromatic heterocycles. The molecule has 12 heavy (non-hydrogen) atoms. The van der Waals surface area contributed by atoms with Gasteiger partial charge in [-0.1, -0.05) is 12.2 Å². The van der Waals surface area contributed by atoms with Crippen molar-refractivity contribution in [2.45, 2.75) is 25.7 Å². The maximum Gasteiger partial charge on any atom is 0.0743 e. The molecular weight excluding hydrogens is 204 g/mol. The summed E-state index contributed by atoms with van der Waals surface area (Å²) in [7, 11) is 0. The molecule has 0 amide bonds. The molecule has 0 radical (unpaired) electrons. The van der Waals surface area contributed by atoms with Gasteiger partial charge in [-0.25, -0.2) is 0 Å². The van der Waals surface area contributed by atoms with Crippen molar-refractivity contribution in [3.63, 3.8) is 0 Å². The van der Waals surface area contributed by atoms with Crippen LogP contribution in [0, 0.1) is 0 Å². The molecule has 0 N–H and O–H groups in total. The Hall–Kier alpha value is 0.530. The van der Waals surface area contributed by atoms with E-state index in [0.717, 1.165) is 4.20 Å². The van der Waals surface area contributed by atoms with E-state index in [9.17, 15) is 0 Å². The largest absolute Gasteiger partial charge is 0.134 e. The van der Waals surface area contributed by atoms with E-state index < -0.39 is 0 Å². The minimum absolute atomic E-state index is 1.11. The van der Waals surface area contributed by atoms with Crippen LogP contribution < -0.4 is 0 Å². The molecule has 0 aliphatic heterocycles.